The van der Waals surface area contributed by atoms with Crippen LogP contribution in [0.15, 0.2) is 30.3 Å². The van der Waals surface area contributed by atoms with E-state index in [2.05, 4.69) is 0 Å². The minimum atomic E-state index is -0.935. The summed E-state index contributed by atoms with van der Waals surface area (Å²) in [6, 6.07) is 7.92. The number of carbonyl (C=O) groups is 1. The van der Waals surface area contributed by atoms with Gasteiger partial charge in [0.1, 0.15) is 17.3 Å². The summed E-state index contributed by atoms with van der Waals surface area (Å²) in [5.41, 5.74) is 0.790. The summed E-state index contributed by atoms with van der Waals surface area (Å²) in [7, 11) is 1.55. The van der Waals surface area contributed by atoms with Crippen molar-refractivity contribution >= 4 is 11.7 Å². The molecule has 154 valence electrons. The van der Waals surface area contributed by atoms with Crippen LogP contribution in [0.3, 0.4) is 0 Å². The fraction of sp³-hybridized carbons (Fsp3) is 0.409. The van der Waals surface area contributed by atoms with Gasteiger partial charge in [-0.2, -0.15) is 0 Å². The van der Waals surface area contributed by atoms with Gasteiger partial charge in [0.2, 0.25) is 0 Å². The van der Waals surface area contributed by atoms with Crippen LogP contribution in [0, 0.1) is 11.6 Å². The van der Waals surface area contributed by atoms with E-state index in [0.717, 1.165) is 25.7 Å². The molecule has 4 rings (SSSR count). The molecular weight excluding hydrogens is 380 g/mol. The number of halogens is 2. The number of carboxylic acid groups (broad SMARTS) is 1. The van der Waals surface area contributed by atoms with E-state index in [-0.39, 0.29) is 18.7 Å². The normalized spacial score (nSPS) is 16.4. The number of benzene rings is 2. The van der Waals surface area contributed by atoms with Crippen molar-refractivity contribution in [1.29, 1.82) is 0 Å². The molecule has 1 aliphatic heterocycles. The first-order chi connectivity index (χ1) is 13.9. The second-order valence-electron chi connectivity index (χ2n) is 7.66. The molecule has 0 amide bonds. The quantitative estimate of drug-likeness (QED) is 0.738. The molecule has 2 aromatic carbocycles. The molecule has 2 aliphatic rings. The van der Waals surface area contributed by atoms with Crippen molar-refractivity contribution < 1.29 is 28.2 Å². The van der Waals surface area contributed by atoms with Gasteiger partial charge in [-0.05, 0) is 43.0 Å². The SMILES string of the molecule is CN(CCCC(=O)O)c1c(F)cc(-c2cccc3c2OC2(CCCC2)O3)cc1F. The number of hydrogen-bond donors (Lipinski definition) is 1. The Kier molecular flexibility index (Phi) is 5.06. The molecule has 0 atom stereocenters. The number of aliphatic carboxylic acids is 1. The van der Waals surface area contributed by atoms with Crippen molar-refractivity contribution in [2.45, 2.75) is 44.3 Å². The molecule has 0 unspecified atom stereocenters. The first-order valence-corrected chi connectivity index (χ1v) is 9.82. The predicted molar refractivity (Wildman–Crippen MR) is 104 cm³/mol. The first-order valence-electron chi connectivity index (χ1n) is 9.82. The summed E-state index contributed by atoms with van der Waals surface area (Å²) in [5.74, 6) is -1.87. The Morgan fingerprint density at radius 1 is 1.17 bits per heavy atom. The van der Waals surface area contributed by atoms with Crippen LogP contribution in [0.4, 0.5) is 14.5 Å². The Hall–Kier alpha value is -2.83. The van der Waals surface area contributed by atoms with Crippen molar-refractivity contribution in [3.05, 3.63) is 42.0 Å². The van der Waals surface area contributed by atoms with Gasteiger partial charge < -0.3 is 19.5 Å². The predicted octanol–water partition coefficient (Wildman–Crippen LogP) is 4.97. The molecule has 0 bridgehead atoms. The molecule has 1 fully saturated rings. The number of anilines is 1. The molecule has 1 aliphatic carbocycles. The molecule has 0 aromatic heterocycles. The summed E-state index contributed by atoms with van der Waals surface area (Å²) in [5, 5.41) is 8.73. The highest BCUT2D eigenvalue weighted by Crippen LogP contribution is 2.51. The lowest BCUT2D eigenvalue weighted by Crippen LogP contribution is -2.34. The van der Waals surface area contributed by atoms with Gasteiger partial charge in [0.15, 0.2) is 11.5 Å². The Bertz CT molecular complexity index is 917. The average Bonchev–Trinajstić information content (AvgIpc) is 3.26. The summed E-state index contributed by atoms with van der Waals surface area (Å²) in [6.45, 7) is 0.236. The second-order valence-corrected chi connectivity index (χ2v) is 7.66. The Labute approximate surface area is 167 Å². The number of ether oxygens (including phenoxy) is 2. The van der Waals surface area contributed by atoms with Crippen LogP contribution in [0.1, 0.15) is 38.5 Å². The topological polar surface area (TPSA) is 59.0 Å². The number of carboxylic acids is 1. The van der Waals surface area contributed by atoms with E-state index < -0.39 is 23.4 Å². The van der Waals surface area contributed by atoms with Gasteiger partial charge in [0, 0.05) is 38.4 Å². The third-order valence-corrected chi connectivity index (χ3v) is 5.52. The van der Waals surface area contributed by atoms with Crippen LogP contribution in [-0.2, 0) is 4.79 Å². The molecule has 2 aromatic rings. The van der Waals surface area contributed by atoms with E-state index >= 15 is 0 Å². The van der Waals surface area contributed by atoms with Crippen LogP contribution < -0.4 is 14.4 Å². The third kappa shape index (κ3) is 3.73. The third-order valence-electron chi connectivity index (χ3n) is 5.52. The Morgan fingerprint density at radius 2 is 1.86 bits per heavy atom. The van der Waals surface area contributed by atoms with E-state index in [1.165, 1.54) is 17.0 Å². The van der Waals surface area contributed by atoms with Gasteiger partial charge in [-0.15, -0.1) is 0 Å². The van der Waals surface area contributed by atoms with Gasteiger partial charge >= 0.3 is 5.97 Å². The first kappa shape index (κ1) is 19.5. The van der Waals surface area contributed by atoms with E-state index in [4.69, 9.17) is 14.6 Å². The van der Waals surface area contributed by atoms with Gasteiger partial charge in [-0.3, -0.25) is 4.79 Å². The minimum absolute atomic E-state index is 0.0547. The maximum atomic E-state index is 14.8. The lowest BCUT2D eigenvalue weighted by atomic mass is 10.0. The van der Waals surface area contributed by atoms with E-state index in [0.29, 0.717) is 29.0 Å². The maximum absolute atomic E-state index is 14.8. The van der Waals surface area contributed by atoms with E-state index in [9.17, 15) is 13.6 Å². The van der Waals surface area contributed by atoms with Crippen molar-refractivity contribution in [2.75, 3.05) is 18.5 Å². The summed E-state index contributed by atoms with van der Waals surface area (Å²) in [6.07, 6.45) is 3.88. The molecule has 1 N–H and O–H groups in total. The number of nitrogens with zero attached hydrogens (tertiary/aromatic N) is 1. The number of hydrogen-bond acceptors (Lipinski definition) is 4. The molecule has 29 heavy (non-hydrogen) atoms. The van der Waals surface area contributed by atoms with Crippen LogP contribution in [-0.4, -0.2) is 30.5 Å². The fourth-order valence-corrected chi connectivity index (χ4v) is 4.12. The van der Waals surface area contributed by atoms with Crippen LogP contribution in [0.25, 0.3) is 11.1 Å². The Balaban J connectivity index is 1.62. The van der Waals surface area contributed by atoms with Gasteiger partial charge in [-0.1, -0.05) is 12.1 Å². The van der Waals surface area contributed by atoms with Gasteiger partial charge in [0.25, 0.3) is 5.79 Å². The maximum Gasteiger partial charge on any atom is 0.303 e. The molecule has 5 nitrogen and oxygen atoms in total. The van der Waals surface area contributed by atoms with Crippen LogP contribution >= 0.6 is 0 Å². The van der Waals surface area contributed by atoms with Crippen LogP contribution in [0.5, 0.6) is 11.5 Å². The van der Waals surface area contributed by atoms with E-state index in [1.54, 1.807) is 19.2 Å². The van der Waals surface area contributed by atoms with Crippen molar-refractivity contribution in [1.82, 2.24) is 0 Å². The molecule has 1 saturated carbocycles. The fourth-order valence-electron chi connectivity index (χ4n) is 4.12. The molecule has 1 spiro atoms. The molecule has 0 saturated heterocycles. The minimum Gasteiger partial charge on any atom is -0.481 e. The largest absolute Gasteiger partial charge is 0.481 e. The zero-order chi connectivity index (χ0) is 20.6. The highest BCUT2D eigenvalue weighted by Gasteiger charge is 2.45. The van der Waals surface area contributed by atoms with Gasteiger partial charge in [0.05, 0.1) is 0 Å². The lowest BCUT2D eigenvalue weighted by molar-refractivity contribution is -0.137. The molecular formula is C22H23F2NO4. The second kappa shape index (κ2) is 7.54. The number of fused-ring (bicyclic) bond motifs is 1. The Morgan fingerprint density at radius 3 is 2.52 bits per heavy atom. The molecule has 7 heteroatoms. The molecule has 0 radical (unpaired) electrons. The van der Waals surface area contributed by atoms with Crippen LogP contribution in [0.2, 0.25) is 0 Å². The smallest absolute Gasteiger partial charge is 0.303 e. The summed E-state index contributed by atoms with van der Waals surface area (Å²) in [4.78, 5) is 12.1. The van der Waals surface area contributed by atoms with Gasteiger partial charge in [-0.25, -0.2) is 8.78 Å². The molecule has 1 heterocycles. The highest BCUT2D eigenvalue weighted by atomic mass is 19.1. The standard InChI is InChI=1S/C22H23F2NO4/c1-25(11-5-8-19(26)27)20-16(23)12-14(13-17(20)24)15-6-4-7-18-21(15)29-22(28-18)9-2-3-10-22/h4,6-7,12-13H,2-3,5,8-11H2,1H3,(H,26,27). The van der Waals surface area contributed by atoms with Crippen molar-refractivity contribution in [3.8, 4) is 22.6 Å². The zero-order valence-corrected chi connectivity index (χ0v) is 16.2. The summed E-state index contributed by atoms with van der Waals surface area (Å²) < 4.78 is 41.8. The van der Waals surface area contributed by atoms with Crippen molar-refractivity contribution in [2.24, 2.45) is 0 Å². The zero-order valence-electron chi connectivity index (χ0n) is 16.2. The summed E-state index contributed by atoms with van der Waals surface area (Å²) >= 11 is 0. The number of rotatable bonds is 6. The monoisotopic (exact) mass is 403 g/mol. The van der Waals surface area contributed by atoms with E-state index in [1.807, 2.05) is 6.07 Å². The van der Waals surface area contributed by atoms with Crippen molar-refractivity contribution in [3.63, 3.8) is 0 Å². The average molecular weight is 403 g/mol. The lowest BCUT2D eigenvalue weighted by Gasteiger charge is -2.22. The highest BCUT2D eigenvalue weighted by molar-refractivity contribution is 5.76. The number of para-hydroxylation sites is 1.